The molecule has 0 radical (unpaired) electrons. The molecule has 1 nitrogen and oxygen atoms in total. The lowest BCUT2D eigenvalue weighted by molar-refractivity contribution is 0.152. The molecule has 1 aromatic rings. The average Bonchev–Trinajstić information content (AvgIpc) is 3.02. The van der Waals surface area contributed by atoms with Crippen LogP contribution in [0.15, 0.2) is 18.2 Å². The zero-order chi connectivity index (χ0) is 15.0. The first-order chi connectivity index (χ1) is 9.98. The van der Waals surface area contributed by atoms with Gasteiger partial charge >= 0.3 is 0 Å². The van der Waals surface area contributed by atoms with Crippen molar-refractivity contribution in [3.63, 3.8) is 0 Å². The van der Waals surface area contributed by atoms with Gasteiger partial charge in [0.2, 0.25) is 0 Å². The summed E-state index contributed by atoms with van der Waals surface area (Å²) in [7, 11) is 0. The van der Waals surface area contributed by atoms with E-state index in [0.717, 1.165) is 30.4 Å². The maximum atomic E-state index is 13.5. The Balaban J connectivity index is 1.80. The summed E-state index contributed by atoms with van der Waals surface area (Å²) in [6, 6.07) is 4.87. The zero-order valence-electron chi connectivity index (χ0n) is 13.0. The van der Waals surface area contributed by atoms with Crippen LogP contribution in [0.5, 0.6) is 0 Å². The summed E-state index contributed by atoms with van der Waals surface area (Å²) >= 11 is 0. The van der Waals surface area contributed by atoms with Crippen molar-refractivity contribution < 1.29 is 8.78 Å². The highest BCUT2D eigenvalue weighted by atomic mass is 19.2. The van der Waals surface area contributed by atoms with Crippen LogP contribution in [0.3, 0.4) is 0 Å². The number of fused-ring (bicyclic) bond motifs is 2. The fourth-order valence-electron chi connectivity index (χ4n) is 4.52. The van der Waals surface area contributed by atoms with E-state index in [1.807, 2.05) is 0 Å². The molecule has 2 aliphatic carbocycles. The number of halogens is 2. The van der Waals surface area contributed by atoms with Gasteiger partial charge in [0.15, 0.2) is 11.6 Å². The van der Waals surface area contributed by atoms with Crippen LogP contribution in [0.25, 0.3) is 0 Å². The Labute approximate surface area is 126 Å². The van der Waals surface area contributed by atoms with Crippen molar-refractivity contribution in [2.75, 3.05) is 6.54 Å². The summed E-state index contributed by atoms with van der Waals surface area (Å²) in [6.07, 6.45) is 6.07. The second-order valence-corrected chi connectivity index (χ2v) is 7.40. The standard InChI is InChI=1S/C18H25F2N/c1-12(2)21-11-18(9-13-3-5-15(18)7-13)10-14-4-6-16(19)17(20)8-14/h4,6,8,12-13,15,21H,3,5,7,9-11H2,1-2H3. The quantitative estimate of drug-likeness (QED) is 0.853. The molecule has 2 fully saturated rings. The first-order valence-electron chi connectivity index (χ1n) is 8.16. The normalized spacial score (nSPS) is 31.3. The van der Waals surface area contributed by atoms with E-state index < -0.39 is 11.6 Å². The predicted molar refractivity (Wildman–Crippen MR) is 81.1 cm³/mol. The molecule has 0 heterocycles. The van der Waals surface area contributed by atoms with E-state index in [1.54, 1.807) is 6.07 Å². The highest BCUT2D eigenvalue weighted by molar-refractivity contribution is 5.21. The first-order valence-corrected chi connectivity index (χ1v) is 8.16. The first kappa shape index (κ1) is 15.0. The number of rotatable bonds is 5. The van der Waals surface area contributed by atoms with Crippen LogP contribution in [0.4, 0.5) is 8.78 Å². The molecule has 3 atom stereocenters. The highest BCUT2D eigenvalue weighted by Crippen LogP contribution is 2.57. The molecular weight excluding hydrogens is 268 g/mol. The molecule has 2 aliphatic rings. The van der Waals surface area contributed by atoms with E-state index in [9.17, 15) is 8.78 Å². The zero-order valence-corrected chi connectivity index (χ0v) is 13.0. The molecule has 0 amide bonds. The molecule has 2 saturated carbocycles. The molecule has 3 heteroatoms. The molecule has 1 N–H and O–H groups in total. The molecule has 21 heavy (non-hydrogen) atoms. The van der Waals surface area contributed by atoms with Gasteiger partial charge in [-0.1, -0.05) is 26.3 Å². The van der Waals surface area contributed by atoms with Crippen molar-refractivity contribution >= 4 is 0 Å². The summed E-state index contributed by atoms with van der Waals surface area (Å²) < 4.78 is 26.6. The molecule has 3 unspecified atom stereocenters. The third-order valence-corrected chi connectivity index (χ3v) is 5.51. The Morgan fingerprint density at radius 3 is 2.62 bits per heavy atom. The van der Waals surface area contributed by atoms with Gasteiger partial charge in [-0.15, -0.1) is 0 Å². The van der Waals surface area contributed by atoms with Gasteiger partial charge in [0, 0.05) is 12.6 Å². The Kier molecular flexibility index (Phi) is 4.04. The van der Waals surface area contributed by atoms with Crippen molar-refractivity contribution in [2.45, 2.75) is 52.0 Å². The van der Waals surface area contributed by atoms with Gasteiger partial charge in [-0.25, -0.2) is 8.78 Å². The topological polar surface area (TPSA) is 12.0 Å². The smallest absolute Gasteiger partial charge is 0.159 e. The monoisotopic (exact) mass is 293 g/mol. The maximum absolute atomic E-state index is 13.5. The van der Waals surface area contributed by atoms with Gasteiger partial charge in [0.25, 0.3) is 0 Å². The van der Waals surface area contributed by atoms with Crippen LogP contribution in [-0.4, -0.2) is 12.6 Å². The number of hydrogen-bond donors (Lipinski definition) is 1. The lowest BCUT2D eigenvalue weighted by atomic mass is 9.69. The van der Waals surface area contributed by atoms with Crippen molar-refractivity contribution in [3.8, 4) is 0 Å². The molecule has 0 aromatic heterocycles. The maximum Gasteiger partial charge on any atom is 0.159 e. The van der Waals surface area contributed by atoms with Gasteiger partial charge in [0.05, 0.1) is 0 Å². The summed E-state index contributed by atoms with van der Waals surface area (Å²) in [5.74, 6) is 0.111. The molecule has 1 aromatic carbocycles. The molecule has 0 aliphatic heterocycles. The van der Waals surface area contributed by atoms with Crippen LogP contribution in [0.1, 0.15) is 45.1 Å². The Bertz CT molecular complexity index is 514. The van der Waals surface area contributed by atoms with E-state index in [2.05, 4.69) is 19.2 Å². The molecule has 2 bridgehead atoms. The summed E-state index contributed by atoms with van der Waals surface area (Å²) in [6.45, 7) is 5.32. The van der Waals surface area contributed by atoms with Crippen LogP contribution in [0, 0.1) is 28.9 Å². The largest absolute Gasteiger partial charge is 0.314 e. The van der Waals surface area contributed by atoms with Crippen molar-refractivity contribution in [1.82, 2.24) is 5.32 Å². The minimum absolute atomic E-state index is 0.234. The minimum atomic E-state index is -0.749. The lowest BCUT2D eigenvalue weighted by Gasteiger charge is -2.39. The lowest BCUT2D eigenvalue weighted by Crippen LogP contribution is -2.42. The van der Waals surface area contributed by atoms with Crippen LogP contribution in [0.2, 0.25) is 0 Å². The summed E-state index contributed by atoms with van der Waals surface area (Å²) in [4.78, 5) is 0. The Hall–Kier alpha value is -0.960. The van der Waals surface area contributed by atoms with Gasteiger partial charge in [-0.05, 0) is 60.6 Å². The molecule has 0 spiro atoms. The van der Waals surface area contributed by atoms with E-state index in [1.165, 1.54) is 37.8 Å². The van der Waals surface area contributed by atoms with Crippen LogP contribution in [-0.2, 0) is 6.42 Å². The van der Waals surface area contributed by atoms with Gasteiger partial charge in [-0.3, -0.25) is 0 Å². The molecule has 116 valence electrons. The average molecular weight is 293 g/mol. The van der Waals surface area contributed by atoms with E-state index in [0.29, 0.717) is 6.04 Å². The third kappa shape index (κ3) is 2.98. The van der Waals surface area contributed by atoms with E-state index in [4.69, 9.17) is 0 Å². The highest BCUT2D eigenvalue weighted by Gasteiger charge is 2.50. The van der Waals surface area contributed by atoms with Crippen molar-refractivity contribution in [3.05, 3.63) is 35.4 Å². The number of benzene rings is 1. The van der Waals surface area contributed by atoms with Crippen LogP contribution < -0.4 is 5.32 Å². The van der Waals surface area contributed by atoms with Gasteiger partial charge in [0.1, 0.15) is 0 Å². The second-order valence-electron chi connectivity index (χ2n) is 7.40. The predicted octanol–water partition coefficient (Wildman–Crippen LogP) is 4.31. The summed E-state index contributed by atoms with van der Waals surface area (Å²) in [5.41, 5.74) is 1.17. The minimum Gasteiger partial charge on any atom is -0.314 e. The number of nitrogens with one attached hydrogen (secondary N) is 1. The van der Waals surface area contributed by atoms with Gasteiger partial charge < -0.3 is 5.32 Å². The SMILES string of the molecule is CC(C)NCC1(Cc2ccc(F)c(F)c2)CC2CCC1C2. The fourth-order valence-corrected chi connectivity index (χ4v) is 4.52. The van der Waals surface area contributed by atoms with Gasteiger partial charge in [-0.2, -0.15) is 0 Å². The Morgan fingerprint density at radius 1 is 1.24 bits per heavy atom. The van der Waals surface area contributed by atoms with Crippen molar-refractivity contribution in [2.24, 2.45) is 17.3 Å². The molecule has 3 rings (SSSR count). The molecular formula is C18H25F2N. The van der Waals surface area contributed by atoms with E-state index in [-0.39, 0.29) is 5.41 Å². The van der Waals surface area contributed by atoms with Crippen molar-refractivity contribution in [1.29, 1.82) is 0 Å². The second kappa shape index (κ2) is 5.68. The summed E-state index contributed by atoms with van der Waals surface area (Å²) in [5, 5.41) is 3.59. The number of hydrogen-bond acceptors (Lipinski definition) is 1. The van der Waals surface area contributed by atoms with E-state index >= 15 is 0 Å². The fraction of sp³-hybridized carbons (Fsp3) is 0.667. The van der Waals surface area contributed by atoms with Crippen LogP contribution >= 0.6 is 0 Å². The molecule has 0 saturated heterocycles. The third-order valence-electron chi connectivity index (χ3n) is 5.51. The Morgan fingerprint density at radius 2 is 2.05 bits per heavy atom.